The molecule has 0 radical (unpaired) electrons. The first-order chi connectivity index (χ1) is 5.22. The van der Waals surface area contributed by atoms with Gasteiger partial charge in [0.15, 0.2) is 0 Å². The highest BCUT2D eigenvalue weighted by Gasteiger charge is 2.36. The van der Waals surface area contributed by atoms with Crippen molar-refractivity contribution in [2.24, 2.45) is 5.41 Å². The van der Waals surface area contributed by atoms with Crippen molar-refractivity contribution in [1.29, 1.82) is 5.26 Å². The van der Waals surface area contributed by atoms with Gasteiger partial charge in [0.25, 0.3) is 0 Å². The average Bonchev–Trinajstić information content (AvgIpc) is 2.34. The highest BCUT2D eigenvalue weighted by molar-refractivity contribution is 5.04. The van der Waals surface area contributed by atoms with Gasteiger partial charge in [-0.2, -0.15) is 5.26 Å². The summed E-state index contributed by atoms with van der Waals surface area (Å²) < 4.78 is 5.02. The first-order valence-electron chi connectivity index (χ1n) is 3.81. The third-order valence-corrected chi connectivity index (χ3v) is 2.20. The molecule has 1 atom stereocenters. The lowest BCUT2D eigenvalue weighted by molar-refractivity contribution is 0.121. The van der Waals surface area contributed by atoms with Crippen molar-refractivity contribution in [2.75, 3.05) is 33.9 Å². The van der Waals surface area contributed by atoms with Crippen molar-refractivity contribution < 1.29 is 4.74 Å². The maximum atomic E-state index is 8.91. The highest BCUT2D eigenvalue weighted by Crippen LogP contribution is 2.28. The maximum absolute atomic E-state index is 8.91. The smallest absolute Gasteiger partial charge is 0.0944 e. The van der Waals surface area contributed by atoms with Gasteiger partial charge >= 0.3 is 0 Å². The minimum Gasteiger partial charge on any atom is -0.383 e. The summed E-state index contributed by atoms with van der Waals surface area (Å²) in [6, 6.07) is 2.34. The van der Waals surface area contributed by atoms with Gasteiger partial charge in [-0.3, -0.25) is 0 Å². The van der Waals surface area contributed by atoms with E-state index in [0.29, 0.717) is 6.61 Å². The van der Waals surface area contributed by atoms with Gasteiger partial charge in [-0.25, -0.2) is 0 Å². The van der Waals surface area contributed by atoms with E-state index in [2.05, 4.69) is 11.0 Å². The molecule has 1 rings (SSSR count). The van der Waals surface area contributed by atoms with Gasteiger partial charge in [0.2, 0.25) is 0 Å². The minimum absolute atomic E-state index is 0.233. The van der Waals surface area contributed by atoms with Gasteiger partial charge in [-0.1, -0.05) is 0 Å². The van der Waals surface area contributed by atoms with E-state index in [1.54, 1.807) is 7.11 Å². The number of nitrogens with zero attached hydrogens (tertiary/aromatic N) is 2. The average molecular weight is 154 g/mol. The van der Waals surface area contributed by atoms with E-state index in [-0.39, 0.29) is 5.41 Å². The second-order valence-corrected chi connectivity index (χ2v) is 3.31. The standard InChI is InChI=1S/C8H14N2O/c1-10-4-3-8(5-9,6-10)7-11-2/h3-4,6-7H2,1-2H3. The molecule has 0 N–H and O–H groups in total. The lowest BCUT2D eigenvalue weighted by Crippen LogP contribution is -2.28. The van der Waals surface area contributed by atoms with Crippen LogP contribution in [0, 0.1) is 16.7 Å². The fourth-order valence-corrected chi connectivity index (χ4v) is 1.60. The number of nitriles is 1. The summed E-state index contributed by atoms with van der Waals surface area (Å²) in [6.07, 6.45) is 0.938. The van der Waals surface area contributed by atoms with Crippen LogP contribution in [0.3, 0.4) is 0 Å². The van der Waals surface area contributed by atoms with E-state index in [9.17, 15) is 0 Å². The zero-order valence-corrected chi connectivity index (χ0v) is 7.13. The van der Waals surface area contributed by atoms with E-state index < -0.39 is 0 Å². The zero-order chi connectivity index (χ0) is 8.32. The van der Waals surface area contributed by atoms with Gasteiger partial charge in [0.1, 0.15) is 0 Å². The zero-order valence-electron chi connectivity index (χ0n) is 7.13. The predicted molar refractivity (Wildman–Crippen MR) is 42.0 cm³/mol. The van der Waals surface area contributed by atoms with Crippen LogP contribution in [0.4, 0.5) is 0 Å². The van der Waals surface area contributed by atoms with Gasteiger partial charge in [0.05, 0.1) is 18.1 Å². The Morgan fingerprint density at radius 3 is 2.82 bits per heavy atom. The summed E-state index contributed by atoms with van der Waals surface area (Å²) >= 11 is 0. The number of likely N-dealkylation sites (tertiary alicyclic amines) is 1. The molecular formula is C8H14N2O. The van der Waals surface area contributed by atoms with Crippen LogP contribution < -0.4 is 0 Å². The Balaban J connectivity index is 2.57. The van der Waals surface area contributed by atoms with Crippen molar-refractivity contribution in [3.05, 3.63) is 0 Å². The lowest BCUT2D eigenvalue weighted by atomic mass is 9.90. The molecule has 0 aliphatic carbocycles. The molecule has 1 aliphatic rings. The Morgan fingerprint density at radius 2 is 2.45 bits per heavy atom. The summed E-state index contributed by atoms with van der Waals surface area (Å²) in [5.74, 6) is 0. The van der Waals surface area contributed by atoms with Crippen LogP contribution in [0.15, 0.2) is 0 Å². The second kappa shape index (κ2) is 3.21. The van der Waals surface area contributed by atoms with Crippen LogP contribution in [0.25, 0.3) is 0 Å². The van der Waals surface area contributed by atoms with Crippen LogP contribution in [0.5, 0.6) is 0 Å². The third kappa shape index (κ3) is 1.70. The van der Waals surface area contributed by atoms with E-state index in [1.807, 2.05) is 7.05 Å². The van der Waals surface area contributed by atoms with E-state index in [1.165, 1.54) is 0 Å². The van der Waals surface area contributed by atoms with Crippen molar-refractivity contribution in [3.8, 4) is 6.07 Å². The van der Waals surface area contributed by atoms with Gasteiger partial charge < -0.3 is 9.64 Å². The topological polar surface area (TPSA) is 36.3 Å². The largest absolute Gasteiger partial charge is 0.383 e. The number of methoxy groups -OCH3 is 1. The summed E-state index contributed by atoms with van der Waals surface area (Å²) in [5, 5.41) is 8.91. The third-order valence-electron chi connectivity index (χ3n) is 2.20. The van der Waals surface area contributed by atoms with Crippen LogP contribution >= 0.6 is 0 Å². The maximum Gasteiger partial charge on any atom is 0.0944 e. The second-order valence-electron chi connectivity index (χ2n) is 3.31. The number of rotatable bonds is 2. The normalized spacial score (nSPS) is 32.1. The first kappa shape index (κ1) is 8.51. The molecule has 0 bridgehead atoms. The predicted octanol–water partition coefficient (Wildman–Crippen LogP) is 0.478. The Morgan fingerprint density at radius 1 is 1.73 bits per heavy atom. The van der Waals surface area contributed by atoms with Crippen molar-refractivity contribution in [1.82, 2.24) is 4.90 Å². The molecule has 1 saturated heterocycles. The first-order valence-corrected chi connectivity index (χ1v) is 3.81. The quantitative estimate of drug-likeness (QED) is 0.580. The van der Waals surface area contributed by atoms with Crippen molar-refractivity contribution >= 4 is 0 Å². The molecule has 0 aromatic rings. The highest BCUT2D eigenvalue weighted by atomic mass is 16.5. The van der Waals surface area contributed by atoms with E-state index in [4.69, 9.17) is 10.00 Å². The lowest BCUT2D eigenvalue weighted by Gasteiger charge is -2.18. The summed E-state index contributed by atoms with van der Waals surface area (Å²) in [5.41, 5.74) is -0.233. The molecular weight excluding hydrogens is 140 g/mol. The van der Waals surface area contributed by atoms with Crippen molar-refractivity contribution in [3.63, 3.8) is 0 Å². The molecule has 0 saturated carbocycles. The molecule has 3 heteroatoms. The molecule has 11 heavy (non-hydrogen) atoms. The molecule has 0 spiro atoms. The number of hydrogen-bond acceptors (Lipinski definition) is 3. The van der Waals surface area contributed by atoms with Crippen LogP contribution in [0.1, 0.15) is 6.42 Å². The van der Waals surface area contributed by atoms with Crippen LogP contribution in [-0.4, -0.2) is 38.8 Å². The van der Waals surface area contributed by atoms with Crippen molar-refractivity contribution in [2.45, 2.75) is 6.42 Å². The molecule has 1 heterocycles. The molecule has 1 unspecified atom stereocenters. The Labute approximate surface area is 67.6 Å². The Hall–Kier alpha value is -0.590. The van der Waals surface area contributed by atoms with Gasteiger partial charge in [0, 0.05) is 13.7 Å². The molecule has 3 nitrogen and oxygen atoms in total. The fourth-order valence-electron chi connectivity index (χ4n) is 1.60. The van der Waals surface area contributed by atoms with Crippen LogP contribution in [0.2, 0.25) is 0 Å². The van der Waals surface area contributed by atoms with Gasteiger partial charge in [-0.05, 0) is 20.0 Å². The molecule has 0 aromatic heterocycles. The molecule has 0 amide bonds. The summed E-state index contributed by atoms with van der Waals surface area (Å²) in [6.45, 7) is 2.42. The van der Waals surface area contributed by atoms with E-state index >= 15 is 0 Å². The van der Waals surface area contributed by atoms with Crippen LogP contribution in [-0.2, 0) is 4.74 Å². The fraction of sp³-hybridized carbons (Fsp3) is 0.875. The number of hydrogen-bond donors (Lipinski definition) is 0. The molecule has 1 aliphatic heterocycles. The van der Waals surface area contributed by atoms with E-state index in [0.717, 1.165) is 19.5 Å². The summed E-state index contributed by atoms with van der Waals surface area (Å²) in [4.78, 5) is 2.17. The number of ether oxygens (including phenoxy) is 1. The SMILES string of the molecule is COCC1(C#N)CCN(C)C1. The minimum atomic E-state index is -0.233. The molecule has 1 fully saturated rings. The molecule has 62 valence electrons. The van der Waals surface area contributed by atoms with Gasteiger partial charge in [-0.15, -0.1) is 0 Å². The molecule has 0 aromatic carbocycles. The Kier molecular flexibility index (Phi) is 2.48. The Bertz CT molecular complexity index is 171. The monoisotopic (exact) mass is 154 g/mol. The summed E-state index contributed by atoms with van der Waals surface area (Å²) in [7, 11) is 3.69.